The molecule has 16 nitrogen and oxygen atoms in total. The summed E-state index contributed by atoms with van der Waals surface area (Å²) in [4.78, 5) is 64.7. The first-order valence-electron chi connectivity index (χ1n) is 23.5. The summed E-state index contributed by atoms with van der Waals surface area (Å²) in [5, 5.41) is 14.9. The maximum Gasteiger partial charge on any atom is 0.408 e. The van der Waals surface area contributed by atoms with Crippen LogP contribution in [-0.2, 0) is 23.9 Å². The Morgan fingerprint density at radius 1 is 0.968 bits per heavy atom. The van der Waals surface area contributed by atoms with Gasteiger partial charge in [0.15, 0.2) is 11.6 Å². The molecule has 2 aromatic heterocycles. The molecule has 0 spiro atoms. The van der Waals surface area contributed by atoms with Gasteiger partial charge < -0.3 is 39.8 Å². The van der Waals surface area contributed by atoms with Crippen molar-refractivity contribution in [3.8, 4) is 17.3 Å². The van der Waals surface area contributed by atoms with Crippen molar-refractivity contribution in [2.75, 3.05) is 51.3 Å². The predicted octanol–water partition coefficient (Wildman–Crippen LogP) is 5.40. The summed E-state index contributed by atoms with van der Waals surface area (Å²) in [6.45, 7) is 10.2. The van der Waals surface area contributed by atoms with Crippen molar-refractivity contribution in [3.05, 3.63) is 36.5 Å². The Morgan fingerprint density at radius 2 is 1.75 bits per heavy atom. The van der Waals surface area contributed by atoms with Gasteiger partial charge in [-0.05, 0) is 89.2 Å². The highest BCUT2D eigenvalue weighted by molar-refractivity contribution is 5.98. The van der Waals surface area contributed by atoms with Gasteiger partial charge in [0.1, 0.15) is 53.8 Å². The molecule has 3 aromatic rings. The van der Waals surface area contributed by atoms with Crippen LogP contribution in [0.1, 0.15) is 97.8 Å². The first kappa shape index (κ1) is 43.3. The van der Waals surface area contributed by atoms with Crippen molar-refractivity contribution in [1.29, 1.82) is 0 Å². The van der Waals surface area contributed by atoms with Crippen molar-refractivity contribution < 1.29 is 38.1 Å². The maximum absolute atomic E-state index is 14.8. The van der Waals surface area contributed by atoms with Crippen molar-refractivity contribution in [2.24, 2.45) is 17.8 Å². The summed E-state index contributed by atoms with van der Waals surface area (Å²) in [6, 6.07) is 7.81. The molecule has 6 aliphatic rings. The molecule has 16 heteroatoms. The quantitative estimate of drug-likeness (QED) is 0.212. The number of pyridine rings is 1. The lowest BCUT2D eigenvalue weighted by molar-refractivity contribution is -0.141. The number of nitrogens with one attached hydrogen (secondary N) is 3. The average molecular weight is 869 g/mol. The van der Waals surface area contributed by atoms with Gasteiger partial charge in [-0.2, -0.15) is 0 Å². The number of hydrogen-bond donors (Lipinski definition) is 3. The van der Waals surface area contributed by atoms with Crippen LogP contribution in [0, 0.1) is 17.8 Å². The van der Waals surface area contributed by atoms with Crippen LogP contribution in [0.25, 0.3) is 16.7 Å². The molecule has 0 radical (unpaired) electrons. The molecule has 3 saturated heterocycles. The van der Waals surface area contributed by atoms with E-state index in [-0.39, 0.29) is 48.6 Å². The molecular formula is C47H64N8O8. The summed E-state index contributed by atoms with van der Waals surface area (Å²) >= 11 is 0. The van der Waals surface area contributed by atoms with E-state index in [9.17, 15) is 19.2 Å². The Balaban J connectivity index is 0.993. The van der Waals surface area contributed by atoms with Crippen molar-refractivity contribution in [1.82, 2.24) is 35.2 Å². The van der Waals surface area contributed by atoms with Crippen molar-refractivity contribution in [2.45, 2.75) is 134 Å². The minimum absolute atomic E-state index is 0.0636. The fourth-order valence-electron chi connectivity index (χ4n) is 10.4. The Kier molecular flexibility index (Phi) is 12.8. The van der Waals surface area contributed by atoms with Gasteiger partial charge in [-0.1, -0.05) is 32.1 Å². The molecule has 3 amide bonds. The minimum atomic E-state index is -0.931. The number of carbonyl (C=O) groups excluding carboxylic acids is 4. The number of carbonyl (C=O) groups is 4. The molecule has 8 atom stereocenters. The Hall–Kier alpha value is -4.96. The number of nitrogens with zero attached hydrogens (tertiary/aromatic N) is 5. The van der Waals surface area contributed by atoms with Crippen LogP contribution in [0.4, 0.5) is 10.6 Å². The number of benzene rings is 1. The fraction of sp³-hybridized carbons (Fsp3) is 0.660. The number of hydrogen-bond acceptors (Lipinski definition) is 12. The number of ether oxygens (including phenoxy) is 4. The van der Waals surface area contributed by atoms with Gasteiger partial charge >= 0.3 is 6.09 Å². The smallest absolute Gasteiger partial charge is 0.408 e. The number of aromatic nitrogens is 3. The average Bonchev–Trinajstić information content (AvgIpc) is 3.91. The van der Waals surface area contributed by atoms with Gasteiger partial charge in [0.25, 0.3) is 0 Å². The molecule has 1 aromatic carbocycles. The summed E-state index contributed by atoms with van der Waals surface area (Å²) in [5.41, 5.74) is -0.299. The molecule has 9 rings (SSSR count). The standard InChI is InChI=1S/C47H64N8O8/c1-29(2)48-42-13-14-55(52-42)43-26-41(37-12-11-34(24-39(37)49-43)61-20-17-53-15-18-60-19-16-53)62-36-25-40-44(57)51-47(30(3)56)27-33(47)9-7-5-4-6-8-10-38(45(58)54(40)28-36)50-46(59)63-35-22-31-21-32(31)23-35/h11-14,24,26,29,31-33,35-36,38,40H,4-10,15-23,25,27-28H2,1-3H3,(H,48,52)(H,50,59)(H,51,57)/t31-,32+,33-,35?,36+,38-,40-,47-/m0/s1. The van der Waals surface area contributed by atoms with Crippen LogP contribution in [0.3, 0.4) is 0 Å². The highest BCUT2D eigenvalue weighted by atomic mass is 16.6. The van der Waals surface area contributed by atoms with E-state index in [0.29, 0.717) is 59.9 Å². The van der Waals surface area contributed by atoms with Crippen LogP contribution in [0.2, 0.25) is 0 Å². The summed E-state index contributed by atoms with van der Waals surface area (Å²) in [7, 11) is 0. The zero-order valence-electron chi connectivity index (χ0n) is 37.0. The van der Waals surface area contributed by atoms with E-state index in [1.165, 1.54) is 6.42 Å². The SMILES string of the molecule is CC(=O)[C@@]12C[C@@H]1CCCCCCC[C@H](NC(=O)OC1C[C@@H]3C[C@@H]3C1)C(=O)N1C[C@H](Oc3cc(-n4ccc(NC(C)C)n4)nc4cc(OCCN5CCOCC5)ccc34)C[C@H]1C(=O)N2. The third-order valence-electron chi connectivity index (χ3n) is 14.1. The lowest BCUT2D eigenvalue weighted by Crippen LogP contribution is -2.56. The molecule has 0 bridgehead atoms. The monoisotopic (exact) mass is 868 g/mol. The van der Waals surface area contributed by atoms with Gasteiger partial charge in [-0.15, -0.1) is 5.10 Å². The number of ketones is 1. The molecule has 6 fully saturated rings. The van der Waals surface area contributed by atoms with Gasteiger partial charge in [-0.25, -0.2) is 14.5 Å². The lowest BCUT2D eigenvalue weighted by Gasteiger charge is -2.30. The van der Waals surface area contributed by atoms with E-state index in [1.807, 2.05) is 50.4 Å². The summed E-state index contributed by atoms with van der Waals surface area (Å²) in [6.07, 6.45) is 10.1. The number of Topliss-reactive ketones (excluding diaryl/α,β-unsaturated/α-hetero) is 1. The zero-order chi connectivity index (χ0) is 43.7. The van der Waals surface area contributed by atoms with Gasteiger partial charge in [0, 0.05) is 61.9 Å². The van der Waals surface area contributed by atoms with Crippen LogP contribution in [0.5, 0.6) is 11.5 Å². The summed E-state index contributed by atoms with van der Waals surface area (Å²) < 4.78 is 26.1. The Morgan fingerprint density at radius 3 is 2.52 bits per heavy atom. The zero-order valence-corrected chi connectivity index (χ0v) is 37.0. The number of anilines is 1. The molecule has 3 N–H and O–H groups in total. The Bertz CT molecular complexity index is 2150. The molecule has 3 aliphatic carbocycles. The van der Waals surface area contributed by atoms with Gasteiger partial charge in [0.2, 0.25) is 11.8 Å². The second-order valence-electron chi connectivity index (χ2n) is 19.1. The molecule has 340 valence electrons. The van der Waals surface area contributed by atoms with Crippen LogP contribution < -0.4 is 25.4 Å². The van der Waals surface area contributed by atoms with Crippen LogP contribution >= 0.6 is 0 Å². The third-order valence-corrected chi connectivity index (χ3v) is 14.1. The highest BCUT2D eigenvalue weighted by Gasteiger charge is 2.59. The van der Waals surface area contributed by atoms with Gasteiger partial charge in [0.05, 0.1) is 25.3 Å². The van der Waals surface area contributed by atoms with E-state index < -0.39 is 29.8 Å². The first-order valence-corrected chi connectivity index (χ1v) is 23.5. The number of morpholine rings is 1. The molecule has 5 heterocycles. The third kappa shape index (κ3) is 10.1. The van der Waals surface area contributed by atoms with Crippen LogP contribution in [-0.4, -0.2) is 130 Å². The van der Waals surface area contributed by atoms with E-state index in [2.05, 4.69) is 20.9 Å². The number of alkyl carbamates (subject to hydrolysis) is 1. The second-order valence-corrected chi connectivity index (χ2v) is 19.1. The van der Waals surface area contributed by atoms with Crippen LogP contribution in [0.15, 0.2) is 36.5 Å². The van der Waals surface area contributed by atoms with Crippen molar-refractivity contribution >= 4 is 40.4 Å². The largest absolute Gasteiger partial charge is 0.492 e. The normalized spacial score (nSPS) is 30.0. The number of fused-ring (bicyclic) bond motifs is 4. The molecule has 3 saturated carbocycles. The molecule has 63 heavy (non-hydrogen) atoms. The first-order chi connectivity index (χ1) is 30.5. The fourth-order valence-corrected chi connectivity index (χ4v) is 10.4. The highest BCUT2D eigenvalue weighted by Crippen LogP contribution is 2.52. The maximum atomic E-state index is 14.8. The van der Waals surface area contributed by atoms with E-state index >= 15 is 0 Å². The summed E-state index contributed by atoms with van der Waals surface area (Å²) in [5.74, 6) is 2.96. The lowest BCUT2D eigenvalue weighted by atomic mass is 10.0. The second kappa shape index (κ2) is 18.6. The van der Waals surface area contributed by atoms with E-state index in [1.54, 1.807) is 16.5 Å². The van der Waals surface area contributed by atoms with E-state index in [4.69, 9.17) is 29.0 Å². The van der Waals surface area contributed by atoms with E-state index in [0.717, 1.165) is 89.6 Å². The minimum Gasteiger partial charge on any atom is -0.492 e. The predicted molar refractivity (Wildman–Crippen MR) is 235 cm³/mol. The van der Waals surface area contributed by atoms with Crippen molar-refractivity contribution in [3.63, 3.8) is 0 Å². The number of amides is 3. The molecule has 1 unspecified atom stereocenters. The van der Waals surface area contributed by atoms with Gasteiger partial charge in [-0.3, -0.25) is 19.3 Å². The topological polar surface area (TPSA) is 178 Å². The molecular weight excluding hydrogens is 805 g/mol. The number of rotatable bonds is 12. The Labute approximate surface area is 369 Å². The molecule has 3 aliphatic heterocycles.